The Hall–Kier alpha value is -2.03. The second kappa shape index (κ2) is 12.4. The fourth-order valence-corrected chi connectivity index (χ4v) is 2.49. The SMILES string of the molecule is CCNC(=NCc1ccc(F)cc1)NCCc1cc(OC)ccc1OC.I. The van der Waals surface area contributed by atoms with Crippen molar-refractivity contribution in [3.63, 3.8) is 0 Å². The predicted molar refractivity (Wildman–Crippen MR) is 118 cm³/mol. The van der Waals surface area contributed by atoms with Crippen molar-refractivity contribution < 1.29 is 13.9 Å². The Labute approximate surface area is 177 Å². The molecule has 0 unspecified atom stereocenters. The van der Waals surface area contributed by atoms with Gasteiger partial charge in [0.15, 0.2) is 5.96 Å². The Bertz CT molecular complexity index is 724. The molecule has 0 saturated heterocycles. The van der Waals surface area contributed by atoms with Gasteiger partial charge in [-0.3, -0.25) is 0 Å². The summed E-state index contributed by atoms with van der Waals surface area (Å²) >= 11 is 0. The smallest absolute Gasteiger partial charge is 0.191 e. The molecule has 2 N–H and O–H groups in total. The maximum atomic E-state index is 13.0. The van der Waals surface area contributed by atoms with E-state index in [2.05, 4.69) is 15.6 Å². The third kappa shape index (κ3) is 7.62. The first kappa shape index (κ1) is 23.0. The summed E-state index contributed by atoms with van der Waals surface area (Å²) in [5.41, 5.74) is 2.02. The quantitative estimate of drug-likeness (QED) is 0.339. The lowest BCUT2D eigenvalue weighted by Gasteiger charge is -2.13. The van der Waals surface area contributed by atoms with Crippen molar-refractivity contribution in [3.05, 3.63) is 59.4 Å². The highest BCUT2D eigenvalue weighted by Gasteiger charge is 2.06. The molecule has 0 radical (unpaired) electrons. The van der Waals surface area contributed by atoms with Crippen molar-refractivity contribution in [1.29, 1.82) is 0 Å². The molecular weight excluding hydrogens is 460 g/mol. The van der Waals surface area contributed by atoms with Crippen LogP contribution >= 0.6 is 24.0 Å². The summed E-state index contributed by atoms with van der Waals surface area (Å²) in [6.07, 6.45) is 0.765. The molecule has 0 amide bonds. The number of aliphatic imine (C=N–C) groups is 1. The summed E-state index contributed by atoms with van der Waals surface area (Å²) in [6.45, 7) is 3.95. The summed E-state index contributed by atoms with van der Waals surface area (Å²) in [5, 5.41) is 6.52. The van der Waals surface area contributed by atoms with Crippen molar-refractivity contribution in [2.75, 3.05) is 27.3 Å². The number of rotatable bonds is 8. The number of ether oxygens (including phenoxy) is 2. The van der Waals surface area contributed by atoms with Crippen molar-refractivity contribution in [2.45, 2.75) is 19.9 Å². The van der Waals surface area contributed by atoms with Crippen LogP contribution in [0.5, 0.6) is 11.5 Å². The molecule has 7 heteroatoms. The lowest BCUT2D eigenvalue weighted by molar-refractivity contribution is 0.398. The van der Waals surface area contributed by atoms with E-state index >= 15 is 0 Å². The van der Waals surface area contributed by atoms with Crippen molar-refractivity contribution in [3.8, 4) is 11.5 Å². The van der Waals surface area contributed by atoms with Gasteiger partial charge in [0.05, 0.1) is 20.8 Å². The second-order valence-corrected chi connectivity index (χ2v) is 5.68. The third-order valence-electron chi connectivity index (χ3n) is 3.85. The molecule has 0 aromatic heterocycles. The molecule has 0 spiro atoms. The van der Waals surface area contributed by atoms with Gasteiger partial charge in [-0.2, -0.15) is 0 Å². The lowest BCUT2D eigenvalue weighted by atomic mass is 10.1. The highest BCUT2D eigenvalue weighted by atomic mass is 127. The van der Waals surface area contributed by atoms with Gasteiger partial charge in [-0.1, -0.05) is 12.1 Å². The third-order valence-corrected chi connectivity index (χ3v) is 3.85. The van der Waals surface area contributed by atoms with Crippen LogP contribution in [0.3, 0.4) is 0 Å². The molecule has 148 valence electrons. The van der Waals surface area contributed by atoms with E-state index in [1.165, 1.54) is 12.1 Å². The minimum atomic E-state index is -0.241. The van der Waals surface area contributed by atoms with Crippen LogP contribution in [-0.4, -0.2) is 33.3 Å². The van der Waals surface area contributed by atoms with E-state index in [-0.39, 0.29) is 29.8 Å². The van der Waals surface area contributed by atoms with Gasteiger partial charge in [-0.05, 0) is 54.8 Å². The molecule has 2 aromatic rings. The molecule has 0 saturated carbocycles. The topological polar surface area (TPSA) is 54.9 Å². The molecular formula is C20H27FIN3O2. The standard InChI is InChI=1S/C20H26FN3O2.HI/c1-4-22-20(24-14-15-5-7-17(21)8-6-15)23-12-11-16-13-18(25-2)9-10-19(16)26-3;/h5-10,13H,4,11-12,14H2,1-3H3,(H2,22,23,24);1H. The predicted octanol–water partition coefficient (Wildman–Crippen LogP) is 3.76. The van der Waals surface area contributed by atoms with Crippen LogP contribution in [0, 0.1) is 5.82 Å². The van der Waals surface area contributed by atoms with E-state index in [4.69, 9.17) is 9.47 Å². The highest BCUT2D eigenvalue weighted by Crippen LogP contribution is 2.24. The van der Waals surface area contributed by atoms with Crippen LogP contribution in [0.15, 0.2) is 47.5 Å². The maximum absolute atomic E-state index is 13.0. The summed E-state index contributed by atoms with van der Waals surface area (Å²) < 4.78 is 23.7. The molecule has 0 bridgehead atoms. The number of benzene rings is 2. The minimum Gasteiger partial charge on any atom is -0.497 e. The minimum absolute atomic E-state index is 0. The van der Waals surface area contributed by atoms with Gasteiger partial charge in [-0.25, -0.2) is 9.38 Å². The van der Waals surface area contributed by atoms with Gasteiger partial charge in [0.25, 0.3) is 0 Å². The van der Waals surface area contributed by atoms with E-state index < -0.39 is 0 Å². The summed E-state index contributed by atoms with van der Waals surface area (Å²) in [6, 6.07) is 12.1. The Morgan fingerprint density at radius 3 is 2.41 bits per heavy atom. The van der Waals surface area contributed by atoms with Gasteiger partial charge < -0.3 is 20.1 Å². The fraction of sp³-hybridized carbons (Fsp3) is 0.350. The van der Waals surface area contributed by atoms with Crippen LogP contribution in [-0.2, 0) is 13.0 Å². The van der Waals surface area contributed by atoms with Crippen molar-refractivity contribution >= 4 is 29.9 Å². The van der Waals surface area contributed by atoms with Gasteiger partial charge >= 0.3 is 0 Å². The Morgan fingerprint density at radius 2 is 1.78 bits per heavy atom. The van der Waals surface area contributed by atoms with E-state index in [1.54, 1.807) is 26.4 Å². The van der Waals surface area contributed by atoms with Crippen LogP contribution in [0.25, 0.3) is 0 Å². The summed E-state index contributed by atoms with van der Waals surface area (Å²) in [5.74, 6) is 2.12. The molecule has 5 nitrogen and oxygen atoms in total. The Balaban J connectivity index is 0.00000364. The summed E-state index contributed by atoms with van der Waals surface area (Å²) in [4.78, 5) is 4.54. The fourth-order valence-electron chi connectivity index (χ4n) is 2.49. The molecule has 0 heterocycles. The number of methoxy groups -OCH3 is 2. The average molecular weight is 487 g/mol. The second-order valence-electron chi connectivity index (χ2n) is 5.68. The molecule has 0 aliphatic rings. The van der Waals surface area contributed by atoms with Crippen LogP contribution < -0.4 is 20.1 Å². The van der Waals surface area contributed by atoms with Gasteiger partial charge in [0.1, 0.15) is 17.3 Å². The lowest BCUT2D eigenvalue weighted by Crippen LogP contribution is -2.38. The van der Waals surface area contributed by atoms with E-state index in [1.807, 2.05) is 25.1 Å². The first-order chi connectivity index (χ1) is 12.7. The number of halogens is 2. The highest BCUT2D eigenvalue weighted by molar-refractivity contribution is 14.0. The number of nitrogens with one attached hydrogen (secondary N) is 2. The number of hydrogen-bond acceptors (Lipinski definition) is 3. The number of hydrogen-bond donors (Lipinski definition) is 2. The van der Waals surface area contributed by atoms with Gasteiger partial charge in [0, 0.05) is 13.1 Å². The monoisotopic (exact) mass is 487 g/mol. The van der Waals surface area contributed by atoms with Gasteiger partial charge in [0.2, 0.25) is 0 Å². The number of nitrogens with zero attached hydrogens (tertiary/aromatic N) is 1. The van der Waals surface area contributed by atoms with Gasteiger partial charge in [-0.15, -0.1) is 24.0 Å². The Kier molecular flexibility index (Phi) is 10.5. The molecule has 0 fully saturated rings. The average Bonchev–Trinajstić information content (AvgIpc) is 2.67. The molecule has 0 aliphatic carbocycles. The first-order valence-corrected chi connectivity index (χ1v) is 8.63. The summed E-state index contributed by atoms with van der Waals surface area (Å²) in [7, 11) is 3.31. The van der Waals surface area contributed by atoms with Crippen LogP contribution in [0.1, 0.15) is 18.1 Å². The zero-order chi connectivity index (χ0) is 18.8. The molecule has 0 aliphatic heterocycles. The molecule has 0 atom stereocenters. The maximum Gasteiger partial charge on any atom is 0.191 e. The van der Waals surface area contributed by atoms with E-state index in [0.717, 1.165) is 41.6 Å². The first-order valence-electron chi connectivity index (χ1n) is 8.63. The van der Waals surface area contributed by atoms with Crippen LogP contribution in [0.4, 0.5) is 4.39 Å². The largest absolute Gasteiger partial charge is 0.497 e. The van der Waals surface area contributed by atoms with Crippen molar-refractivity contribution in [2.24, 2.45) is 4.99 Å². The van der Waals surface area contributed by atoms with E-state index in [0.29, 0.717) is 13.1 Å². The zero-order valence-electron chi connectivity index (χ0n) is 15.9. The molecule has 27 heavy (non-hydrogen) atoms. The van der Waals surface area contributed by atoms with Crippen molar-refractivity contribution in [1.82, 2.24) is 10.6 Å². The molecule has 2 aromatic carbocycles. The zero-order valence-corrected chi connectivity index (χ0v) is 18.3. The Morgan fingerprint density at radius 1 is 1.04 bits per heavy atom. The van der Waals surface area contributed by atoms with E-state index in [9.17, 15) is 4.39 Å². The van der Waals surface area contributed by atoms with Crippen LogP contribution in [0.2, 0.25) is 0 Å². The molecule has 2 rings (SSSR count). The number of guanidine groups is 1. The normalized spacial score (nSPS) is 10.7.